The van der Waals surface area contributed by atoms with Gasteiger partial charge in [0.15, 0.2) is 0 Å². The Balaban J connectivity index is 1.54. The zero-order valence-electron chi connectivity index (χ0n) is 20.9. The van der Waals surface area contributed by atoms with E-state index in [-0.39, 0.29) is 5.75 Å². The van der Waals surface area contributed by atoms with Gasteiger partial charge in [0.25, 0.3) is 0 Å². The van der Waals surface area contributed by atoms with Crippen LogP contribution in [0.5, 0.6) is 11.5 Å². The van der Waals surface area contributed by atoms with E-state index in [2.05, 4.69) is 13.1 Å². The average Bonchev–Trinajstić information content (AvgIpc) is 3.09. The third-order valence-corrected chi connectivity index (χ3v) is 9.72. The third kappa shape index (κ3) is 9.17. The van der Waals surface area contributed by atoms with Crippen molar-refractivity contribution in [1.29, 1.82) is 0 Å². The predicted octanol–water partition coefficient (Wildman–Crippen LogP) is 2.96. The summed E-state index contributed by atoms with van der Waals surface area (Å²) in [4.78, 5) is 29.5. The van der Waals surface area contributed by atoms with Gasteiger partial charge in [-0.2, -0.15) is 8.62 Å². The van der Waals surface area contributed by atoms with E-state index < -0.39 is 60.8 Å². The maximum absolute atomic E-state index is 12.3. The van der Waals surface area contributed by atoms with Gasteiger partial charge in [-0.1, -0.05) is 24.3 Å². The van der Waals surface area contributed by atoms with Crippen LogP contribution in [-0.4, -0.2) is 63.2 Å². The summed E-state index contributed by atoms with van der Waals surface area (Å²) in [5, 5.41) is 20.4. The summed E-state index contributed by atoms with van der Waals surface area (Å²) in [7, 11) is -15.0. The number of ether oxygens (including phenoxy) is 3. The molecule has 3 rings (SSSR count). The maximum Gasteiger partial charge on any atom is 0.490 e. The minimum atomic E-state index is -5.71. The Kier molecular flexibility index (Phi) is 10.5. The Morgan fingerprint density at radius 2 is 1.46 bits per heavy atom. The van der Waals surface area contributed by atoms with Gasteiger partial charge in [-0.25, -0.2) is 13.7 Å². The van der Waals surface area contributed by atoms with Crippen molar-refractivity contribution in [3.05, 3.63) is 59.7 Å². The molecule has 39 heavy (non-hydrogen) atoms. The standard InChI is InChI=1S/C21H29O15P3/c1-13-6-4-5-7-17(13)14(2)34-38(26,27)36-39(28,29)35-37(24,25)31-12-18-19(22)20(23)21(33-18)32-16-10-8-15(30-3)9-11-16/h4-11,14,18-23H,12H2,1-3H3,(H,24,25)(H,26,27)(H,28,29)/t14?,18-,19-,20-,21-/m1/s1. The lowest BCUT2D eigenvalue weighted by Gasteiger charge is -2.22. The molecule has 0 aromatic heterocycles. The fraction of sp³-hybridized carbons (Fsp3) is 0.429. The van der Waals surface area contributed by atoms with Crippen molar-refractivity contribution in [1.82, 2.24) is 0 Å². The van der Waals surface area contributed by atoms with Crippen molar-refractivity contribution < 1.29 is 70.5 Å². The molecule has 1 aliphatic rings. The van der Waals surface area contributed by atoms with E-state index in [0.717, 1.165) is 0 Å². The fourth-order valence-corrected chi connectivity index (χ4v) is 7.19. The number of hydrogen-bond donors (Lipinski definition) is 5. The molecule has 1 aliphatic heterocycles. The smallest absolute Gasteiger partial charge is 0.490 e. The minimum absolute atomic E-state index is 0.246. The molecule has 8 atom stereocenters. The number of methoxy groups -OCH3 is 1. The maximum atomic E-state index is 12.3. The van der Waals surface area contributed by atoms with Gasteiger partial charge in [0.1, 0.15) is 29.8 Å². The monoisotopic (exact) mass is 614 g/mol. The van der Waals surface area contributed by atoms with E-state index in [0.29, 0.717) is 16.9 Å². The molecular weight excluding hydrogens is 585 g/mol. The highest BCUT2D eigenvalue weighted by Crippen LogP contribution is 2.68. The molecule has 2 aromatic rings. The highest BCUT2D eigenvalue weighted by molar-refractivity contribution is 7.66. The topological polar surface area (TPSA) is 217 Å². The average molecular weight is 614 g/mol. The number of phosphoric ester groups is 2. The number of rotatable bonds is 13. The van der Waals surface area contributed by atoms with Gasteiger partial charge in [0, 0.05) is 0 Å². The van der Waals surface area contributed by atoms with Gasteiger partial charge in [-0.15, -0.1) is 0 Å². The lowest BCUT2D eigenvalue weighted by molar-refractivity contribution is -0.115. The molecule has 0 bridgehead atoms. The number of benzene rings is 2. The number of phosphoric acid groups is 3. The molecule has 0 saturated carbocycles. The zero-order chi connectivity index (χ0) is 29.0. The Morgan fingerprint density at radius 1 is 0.872 bits per heavy atom. The summed E-state index contributed by atoms with van der Waals surface area (Å²) in [6.45, 7) is 2.16. The molecule has 18 heteroatoms. The summed E-state index contributed by atoms with van der Waals surface area (Å²) in [6.07, 6.45) is -7.16. The molecule has 0 amide bonds. The van der Waals surface area contributed by atoms with E-state index in [1.54, 1.807) is 43.3 Å². The second-order valence-electron chi connectivity index (χ2n) is 8.29. The van der Waals surface area contributed by atoms with Crippen molar-refractivity contribution in [2.45, 2.75) is 44.6 Å². The minimum Gasteiger partial charge on any atom is -0.497 e. The first-order valence-corrected chi connectivity index (χ1v) is 15.7. The summed E-state index contributed by atoms with van der Waals surface area (Å²) in [5.74, 6) is 0.783. The highest BCUT2D eigenvalue weighted by Gasteiger charge is 2.47. The molecule has 2 aromatic carbocycles. The molecular formula is C21H29O15P3. The lowest BCUT2D eigenvalue weighted by Crippen LogP contribution is -2.35. The van der Waals surface area contributed by atoms with Crippen LogP contribution in [0, 0.1) is 6.92 Å². The third-order valence-electron chi connectivity index (χ3n) is 5.36. The normalized spacial score (nSPS) is 26.7. The highest BCUT2D eigenvalue weighted by atomic mass is 31.3. The lowest BCUT2D eigenvalue weighted by atomic mass is 10.1. The fourth-order valence-electron chi connectivity index (χ4n) is 3.52. The number of aliphatic hydroxyl groups is 2. The quantitative estimate of drug-likeness (QED) is 0.205. The van der Waals surface area contributed by atoms with E-state index in [9.17, 15) is 38.6 Å². The van der Waals surface area contributed by atoms with Gasteiger partial charge in [-0.05, 0) is 49.2 Å². The van der Waals surface area contributed by atoms with Crippen molar-refractivity contribution in [2.24, 2.45) is 0 Å². The SMILES string of the molecule is COc1ccc(O[C@@H]2O[C@H](COP(=O)(O)OP(=O)(O)OP(=O)(O)OC(C)c3ccccc3C)[C@@H](O)[C@H]2O)cc1. The Morgan fingerprint density at radius 3 is 2.08 bits per heavy atom. The first kappa shape index (κ1) is 31.9. The van der Waals surface area contributed by atoms with Crippen LogP contribution < -0.4 is 9.47 Å². The molecule has 1 fully saturated rings. The van der Waals surface area contributed by atoms with Crippen LogP contribution in [0.15, 0.2) is 48.5 Å². The van der Waals surface area contributed by atoms with Crippen LogP contribution in [0.1, 0.15) is 24.2 Å². The van der Waals surface area contributed by atoms with Crippen molar-refractivity contribution in [3.63, 3.8) is 0 Å². The second kappa shape index (κ2) is 12.9. The van der Waals surface area contributed by atoms with Crippen LogP contribution in [-0.2, 0) is 36.1 Å². The van der Waals surface area contributed by atoms with Crippen LogP contribution in [0.3, 0.4) is 0 Å². The number of aryl methyl sites for hydroxylation is 1. The first-order chi connectivity index (χ1) is 18.1. The van der Waals surface area contributed by atoms with Crippen LogP contribution >= 0.6 is 23.5 Å². The van der Waals surface area contributed by atoms with E-state index in [4.69, 9.17) is 18.7 Å². The second-order valence-corrected chi connectivity index (χ2v) is 12.9. The van der Waals surface area contributed by atoms with Crippen molar-refractivity contribution >= 4 is 23.5 Å². The molecule has 1 heterocycles. The summed E-state index contributed by atoms with van der Waals surface area (Å²) in [5.41, 5.74) is 1.17. The summed E-state index contributed by atoms with van der Waals surface area (Å²) < 4.78 is 70.1. The molecule has 0 radical (unpaired) electrons. The molecule has 4 unspecified atom stereocenters. The van der Waals surface area contributed by atoms with E-state index in [1.807, 2.05) is 0 Å². The van der Waals surface area contributed by atoms with Crippen LogP contribution in [0.2, 0.25) is 0 Å². The Hall–Kier alpha value is -1.67. The molecule has 5 N–H and O–H groups in total. The van der Waals surface area contributed by atoms with E-state index >= 15 is 0 Å². The Labute approximate surface area is 223 Å². The first-order valence-electron chi connectivity index (χ1n) is 11.2. The molecule has 15 nitrogen and oxygen atoms in total. The zero-order valence-corrected chi connectivity index (χ0v) is 23.6. The Bertz CT molecular complexity index is 1260. The van der Waals surface area contributed by atoms with Gasteiger partial charge in [-0.3, -0.25) is 9.05 Å². The van der Waals surface area contributed by atoms with Crippen LogP contribution in [0.25, 0.3) is 0 Å². The van der Waals surface area contributed by atoms with Gasteiger partial charge in [0.2, 0.25) is 6.29 Å². The molecule has 218 valence electrons. The summed E-state index contributed by atoms with van der Waals surface area (Å²) >= 11 is 0. The van der Waals surface area contributed by atoms with Crippen molar-refractivity contribution in [2.75, 3.05) is 13.7 Å². The predicted molar refractivity (Wildman–Crippen MR) is 133 cm³/mol. The largest absolute Gasteiger partial charge is 0.497 e. The molecule has 0 aliphatic carbocycles. The number of aliphatic hydroxyl groups excluding tert-OH is 2. The molecule has 1 saturated heterocycles. The number of hydrogen-bond acceptors (Lipinski definition) is 12. The molecule has 0 spiro atoms. The van der Waals surface area contributed by atoms with E-state index in [1.165, 1.54) is 26.2 Å². The van der Waals surface area contributed by atoms with Crippen molar-refractivity contribution in [3.8, 4) is 11.5 Å². The van der Waals surface area contributed by atoms with Gasteiger partial charge in [0.05, 0.1) is 19.8 Å². The van der Waals surface area contributed by atoms with Gasteiger partial charge >= 0.3 is 23.5 Å². The van der Waals surface area contributed by atoms with Gasteiger partial charge < -0.3 is 39.1 Å². The summed E-state index contributed by atoms with van der Waals surface area (Å²) in [6, 6.07) is 12.8. The van der Waals surface area contributed by atoms with Crippen LogP contribution in [0.4, 0.5) is 0 Å².